The molecule has 8 rings (SSSR count). The van der Waals surface area contributed by atoms with Gasteiger partial charge in [-0.25, -0.2) is 4.79 Å². The van der Waals surface area contributed by atoms with E-state index in [2.05, 4.69) is 52.9 Å². The maximum atomic E-state index is 13.5. The number of rotatable bonds is 17. The first-order chi connectivity index (χ1) is 34.2. The van der Waals surface area contributed by atoms with Crippen molar-refractivity contribution in [1.82, 2.24) is 15.5 Å². The molecule has 0 aromatic heterocycles. The summed E-state index contributed by atoms with van der Waals surface area (Å²) in [4.78, 5) is 57.2. The van der Waals surface area contributed by atoms with Gasteiger partial charge in [-0.3, -0.25) is 19.4 Å². The number of hydrogen-bond donors (Lipinski definition) is 8. The minimum Gasteiger partial charge on any atom is -0.508 e. The summed E-state index contributed by atoms with van der Waals surface area (Å²) in [5.74, 6) is -2.72. The maximum absolute atomic E-state index is 13.5. The minimum atomic E-state index is -2.61. The Hall–Kier alpha value is -5.71. The Balaban J connectivity index is 1.05. The molecule has 3 saturated heterocycles. The lowest BCUT2D eigenvalue weighted by Crippen LogP contribution is -2.80. The van der Waals surface area contributed by atoms with Crippen molar-refractivity contribution in [2.75, 3.05) is 57.5 Å². The van der Waals surface area contributed by atoms with Crippen molar-refractivity contribution in [3.8, 4) is 17.2 Å². The van der Waals surface area contributed by atoms with E-state index >= 15 is 0 Å². The second-order valence-electron chi connectivity index (χ2n) is 18.2. The minimum absolute atomic E-state index is 0.0145. The number of carboxylic acid groups (broad SMARTS) is 1. The Morgan fingerprint density at radius 3 is 2.61 bits per heavy atom. The fourth-order valence-corrected chi connectivity index (χ4v) is 11.6. The van der Waals surface area contributed by atoms with Gasteiger partial charge in [-0.05, 0) is 96.6 Å². The smallest absolute Gasteiger partial charge is 0.335 e. The first-order valence-corrected chi connectivity index (χ1v) is 26.0. The van der Waals surface area contributed by atoms with Gasteiger partial charge < -0.3 is 65.7 Å². The summed E-state index contributed by atoms with van der Waals surface area (Å²) >= 11 is 0. The number of phenols is 1. The number of aliphatic hydroxyl groups excluding tert-OH is 2. The van der Waals surface area contributed by atoms with E-state index in [1.54, 1.807) is 0 Å². The number of fused-ring (bicyclic) bond motifs is 2. The molecule has 0 bridgehead atoms. The number of aromatic hydroxyl groups is 1. The first kappa shape index (κ1) is 51.6. The van der Waals surface area contributed by atoms with Crippen LogP contribution in [0.2, 0.25) is 0 Å². The summed E-state index contributed by atoms with van der Waals surface area (Å²) in [5.41, 5.74) is 4.42. The molecule has 71 heavy (non-hydrogen) atoms. The van der Waals surface area contributed by atoms with Crippen molar-refractivity contribution in [1.29, 1.82) is 0 Å². The molecule has 9 atom stereocenters. The van der Waals surface area contributed by atoms with E-state index in [4.69, 9.17) is 24.7 Å². The highest BCUT2D eigenvalue weighted by Gasteiger charge is 2.69. The quantitative estimate of drug-likeness (QED) is 0.0415. The third kappa shape index (κ3) is 11.3. The first-order valence-electron chi connectivity index (χ1n) is 23.5. The number of primary amides is 1. The van der Waals surface area contributed by atoms with E-state index in [1.807, 2.05) is 23.2 Å². The molecule has 0 saturated carbocycles. The number of carbonyl (C=O) groups is 4. The Kier molecular flexibility index (Phi) is 16.6. The van der Waals surface area contributed by atoms with Crippen LogP contribution in [0.4, 0.5) is 0 Å². The molecule has 9 N–H and O–H groups in total. The normalized spacial score (nSPS) is 28.1. The number of benzene rings is 3. The number of carboxylic acids is 1. The zero-order valence-corrected chi connectivity index (χ0v) is 40.7. The Labute approximate surface area is 418 Å². The summed E-state index contributed by atoms with van der Waals surface area (Å²) in [6.45, 7) is 5.24. The molecule has 18 nitrogen and oxygen atoms in total. The van der Waals surface area contributed by atoms with Gasteiger partial charge >= 0.3 is 5.97 Å². The molecule has 0 aliphatic carbocycles. The molecule has 0 spiro atoms. The number of aliphatic hydroxyl groups is 3. The topological polar surface area (TPSA) is 272 Å². The maximum Gasteiger partial charge on any atom is 0.335 e. The number of aldehydes is 1. The van der Waals surface area contributed by atoms with Gasteiger partial charge in [0.05, 0.1) is 24.2 Å². The van der Waals surface area contributed by atoms with Gasteiger partial charge in [-0.1, -0.05) is 83.1 Å². The summed E-state index contributed by atoms with van der Waals surface area (Å²) in [6, 6.07) is 18.0. The highest BCUT2D eigenvalue weighted by Crippen LogP contribution is 2.46. The molecule has 1 unspecified atom stereocenters. The average molecular weight is 1010 g/mol. The van der Waals surface area contributed by atoms with Crippen LogP contribution in [-0.4, -0.2) is 154 Å². The molecule has 0 radical (unpaired) electrons. The van der Waals surface area contributed by atoms with Crippen LogP contribution >= 0.6 is 21.6 Å². The van der Waals surface area contributed by atoms with E-state index in [-0.39, 0.29) is 76.6 Å². The summed E-state index contributed by atoms with van der Waals surface area (Å²) < 4.78 is 24.3. The van der Waals surface area contributed by atoms with Gasteiger partial charge in [0.25, 0.3) is 5.91 Å². The van der Waals surface area contributed by atoms with Crippen molar-refractivity contribution in [2.45, 2.75) is 62.0 Å². The number of β-amino-alcohol motifs (C(OH)–C–C–N with tert-alkyl or cyclic N) is 1. The molecule has 2 amide bonds. The van der Waals surface area contributed by atoms with E-state index in [9.17, 15) is 44.7 Å². The Morgan fingerprint density at radius 2 is 1.89 bits per heavy atom. The number of amides is 2. The molecule has 5 heterocycles. The number of nitrogens with two attached hydrogens (primary N) is 1. The number of nitrogens with one attached hydrogen (secondary N) is 2. The van der Waals surface area contributed by atoms with Crippen molar-refractivity contribution >= 4 is 69.3 Å². The number of ether oxygens (including phenoxy) is 4. The fraction of sp³-hybridized carbons (Fsp3) is 0.431. The number of aliphatic imine (C=N–C) groups is 1. The zero-order valence-electron chi connectivity index (χ0n) is 39.1. The number of allylic oxidation sites excluding steroid dienone is 2. The van der Waals surface area contributed by atoms with Gasteiger partial charge in [0.2, 0.25) is 18.3 Å². The Morgan fingerprint density at radius 1 is 1.10 bits per heavy atom. The van der Waals surface area contributed by atoms with Gasteiger partial charge in [0, 0.05) is 37.7 Å². The standard InChI is InChI=1S/C51H59N5O13S2/c1-30(6-4-9-31-7-2-3-8-32(31)10-5-18-53-25-41(59)56-20-21-56)38-24-55-27-50(65)49(69-45(48(63)64)46(61)51(50,28-57)66-29-71-70-26-39(38)34-17-19-54-23-34)67-36-15-16-37-40(22-36)68-44(47(52)62)42(43(37)60)33-11-13-35(58)14-12-33/h2-4,7-9,11-17,22-23,28,30,38-39,44-46,49,53,55,58,60-61,65H,5-6,10,18-21,24-27,29H2,1H3,(H2,52,62)(H,63,64)/b9-4+/t30-,38-,39-,44?,45+,46-,49-,50+,51+/m1/s1. The van der Waals surface area contributed by atoms with Crippen molar-refractivity contribution in [2.24, 2.45) is 28.5 Å². The molecule has 3 aromatic carbocycles. The van der Waals surface area contributed by atoms with Crippen molar-refractivity contribution in [3.05, 3.63) is 107 Å². The molecule has 5 aliphatic heterocycles. The Bertz CT molecular complexity index is 2570. The van der Waals surface area contributed by atoms with Crippen LogP contribution in [0.5, 0.6) is 17.2 Å². The lowest BCUT2D eigenvalue weighted by Gasteiger charge is -2.53. The van der Waals surface area contributed by atoms with Crippen LogP contribution in [0.1, 0.15) is 42.0 Å². The highest BCUT2D eigenvalue weighted by molar-refractivity contribution is 8.76. The summed E-state index contributed by atoms with van der Waals surface area (Å²) in [5, 5.41) is 62.9. The third-order valence-corrected chi connectivity index (χ3v) is 15.7. The third-order valence-electron chi connectivity index (χ3n) is 13.7. The SMILES string of the molecule is C[C@H](C/C=C/c1ccccc1CCCNCC(=O)N1CC1)[C@H]1CNC[C@]2(O)[C@H](Oc3ccc4c(c3)OC(C(N)=O)C(c3ccc(O)cc3)=C4O)O[C@H](C(=O)O)[C@@H](O)[C@]2(C=O)OCSSC[C@@H]1C1=CCN=C1. The van der Waals surface area contributed by atoms with E-state index in [0.29, 0.717) is 30.8 Å². The number of nitrogens with zero attached hydrogens (tertiary/aromatic N) is 2. The molecule has 20 heteroatoms. The number of aryl methyl sites for hydroxylation is 1. The fourth-order valence-electron chi connectivity index (χ4n) is 9.57. The van der Waals surface area contributed by atoms with Crippen molar-refractivity contribution in [3.63, 3.8) is 0 Å². The van der Waals surface area contributed by atoms with E-state index in [0.717, 1.165) is 43.6 Å². The van der Waals surface area contributed by atoms with Crippen LogP contribution in [-0.2, 0) is 35.1 Å². The largest absolute Gasteiger partial charge is 0.508 e. The predicted molar refractivity (Wildman–Crippen MR) is 269 cm³/mol. The lowest BCUT2D eigenvalue weighted by molar-refractivity contribution is -0.340. The lowest BCUT2D eigenvalue weighted by atomic mass is 9.73. The number of hydrogen-bond acceptors (Lipinski definition) is 17. The zero-order chi connectivity index (χ0) is 50.3. The molecule has 5 aliphatic rings. The molecule has 3 aromatic rings. The van der Waals surface area contributed by atoms with E-state index < -0.39 is 54.2 Å². The van der Waals surface area contributed by atoms with Gasteiger partial charge in [0.1, 0.15) is 35.1 Å². The van der Waals surface area contributed by atoms with Crippen LogP contribution in [0.3, 0.4) is 0 Å². The van der Waals surface area contributed by atoms with Gasteiger partial charge in [-0.15, -0.1) is 0 Å². The van der Waals surface area contributed by atoms with Crippen LogP contribution < -0.4 is 25.8 Å². The second-order valence-corrected chi connectivity index (χ2v) is 20.7. The molecular weight excluding hydrogens is 955 g/mol. The second kappa shape index (κ2) is 22.8. The monoisotopic (exact) mass is 1010 g/mol. The summed E-state index contributed by atoms with van der Waals surface area (Å²) in [6.07, 6.45) is 3.07. The molecular formula is C51H59N5O13S2. The number of aliphatic carboxylic acids is 1. The molecule has 3 fully saturated rings. The van der Waals surface area contributed by atoms with Crippen molar-refractivity contribution < 1.29 is 63.7 Å². The van der Waals surface area contributed by atoms with Gasteiger partial charge in [-0.2, -0.15) is 0 Å². The number of carbonyl (C=O) groups excluding carboxylic acids is 3. The predicted octanol–water partition coefficient (Wildman–Crippen LogP) is 3.59. The number of phenolic OH excluding ortho intramolecular Hbond substituents is 1. The van der Waals surface area contributed by atoms with Crippen LogP contribution in [0, 0.1) is 17.8 Å². The van der Waals surface area contributed by atoms with Gasteiger partial charge in [0.15, 0.2) is 23.6 Å². The van der Waals surface area contributed by atoms with E-state index in [1.165, 1.54) is 69.6 Å². The highest BCUT2D eigenvalue weighted by atomic mass is 33.1. The van der Waals surface area contributed by atoms with Crippen LogP contribution in [0.25, 0.3) is 17.4 Å². The molecule has 378 valence electrons. The average Bonchev–Trinajstić information content (AvgIpc) is 4.07. The summed E-state index contributed by atoms with van der Waals surface area (Å²) in [7, 11) is 2.71. The van der Waals surface area contributed by atoms with Crippen LogP contribution in [0.15, 0.2) is 89.4 Å².